The molecule has 2 amide bonds. The Morgan fingerprint density at radius 1 is 1.09 bits per heavy atom. The monoisotopic (exact) mass is 434 g/mol. The number of nitrogens with one attached hydrogen (secondary N) is 1. The van der Waals surface area contributed by atoms with Gasteiger partial charge in [0.1, 0.15) is 5.82 Å². The Labute approximate surface area is 189 Å². The molecule has 0 radical (unpaired) electrons. The summed E-state index contributed by atoms with van der Waals surface area (Å²) in [4.78, 5) is 27.8. The fourth-order valence-electron chi connectivity index (χ4n) is 4.79. The van der Waals surface area contributed by atoms with Crippen LogP contribution in [-0.2, 0) is 16.0 Å². The zero-order chi connectivity index (χ0) is 22.6. The molecule has 32 heavy (non-hydrogen) atoms. The number of hydrogen-bond donors (Lipinski definition) is 1. The molecule has 1 saturated carbocycles. The van der Waals surface area contributed by atoms with Gasteiger partial charge in [-0.25, -0.2) is 4.39 Å². The Morgan fingerprint density at radius 3 is 2.38 bits per heavy atom. The van der Waals surface area contributed by atoms with E-state index in [4.69, 9.17) is 0 Å². The first-order chi connectivity index (χ1) is 15.5. The lowest BCUT2D eigenvalue weighted by Gasteiger charge is -2.42. The van der Waals surface area contributed by atoms with E-state index in [1.54, 1.807) is 18.2 Å². The van der Waals surface area contributed by atoms with Crippen LogP contribution in [0.2, 0.25) is 0 Å². The summed E-state index contributed by atoms with van der Waals surface area (Å²) < 4.78 is 14.1. The highest BCUT2D eigenvalue weighted by atomic mass is 19.1. The van der Waals surface area contributed by atoms with Gasteiger partial charge in [-0.1, -0.05) is 55.0 Å². The molecule has 1 heterocycles. The molecule has 0 atom stereocenters. The Hall–Kier alpha value is -2.95. The number of nitrogens with zero attached hydrogens (tertiary/aromatic N) is 1. The lowest BCUT2D eigenvalue weighted by atomic mass is 9.72. The number of likely N-dealkylation sites (tertiary alicyclic amines) is 1. The molecule has 0 spiro atoms. The van der Waals surface area contributed by atoms with E-state index in [9.17, 15) is 14.0 Å². The fourth-order valence-corrected chi connectivity index (χ4v) is 4.79. The van der Waals surface area contributed by atoms with E-state index in [0.717, 1.165) is 30.4 Å². The smallest absolute Gasteiger partial charge is 0.226 e. The van der Waals surface area contributed by atoms with Crippen LogP contribution in [0.3, 0.4) is 0 Å². The number of halogens is 1. The predicted molar refractivity (Wildman–Crippen MR) is 124 cm³/mol. The topological polar surface area (TPSA) is 49.4 Å². The Kier molecular flexibility index (Phi) is 6.73. The van der Waals surface area contributed by atoms with Gasteiger partial charge in [-0.05, 0) is 49.3 Å². The summed E-state index contributed by atoms with van der Waals surface area (Å²) >= 11 is 0. The molecular formula is C27H31FN2O2. The lowest BCUT2D eigenvalue weighted by Crippen LogP contribution is -2.52. The minimum Gasteiger partial charge on any atom is -0.352 e. The molecule has 0 bridgehead atoms. The maximum Gasteiger partial charge on any atom is 0.226 e. The van der Waals surface area contributed by atoms with Crippen LogP contribution in [-0.4, -0.2) is 36.3 Å². The van der Waals surface area contributed by atoms with Crippen molar-refractivity contribution in [3.63, 3.8) is 0 Å². The summed E-state index contributed by atoms with van der Waals surface area (Å²) in [5, 5.41) is 2.99. The van der Waals surface area contributed by atoms with Gasteiger partial charge in [-0.3, -0.25) is 9.59 Å². The predicted octanol–water partition coefficient (Wildman–Crippen LogP) is 4.75. The third kappa shape index (κ3) is 4.62. The number of rotatable bonds is 7. The summed E-state index contributed by atoms with van der Waals surface area (Å²) in [7, 11) is 0. The molecule has 4 rings (SSSR count). The summed E-state index contributed by atoms with van der Waals surface area (Å²) in [5.74, 6) is 0.212. The largest absolute Gasteiger partial charge is 0.352 e. The molecule has 1 aliphatic heterocycles. The molecule has 0 unspecified atom stereocenters. The summed E-state index contributed by atoms with van der Waals surface area (Å²) in [6, 6.07) is 14.5. The number of benzene rings is 2. The van der Waals surface area contributed by atoms with Crippen LogP contribution in [0.15, 0.2) is 61.2 Å². The van der Waals surface area contributed by atoms with Crippen LogP contribution in [0, 0.1) is 17.2 Å². The lowest BCUT2D eigenvalue weighted by molar-refractivity contribution is -0.144. The van der Waals surface area contributed by atoms with Gasteiger partial charge in [0, 0.05) is 31.1 Å². The van der Waals surface area contributed by atoms with Crippen molar-refractivity contribution in [1.82, 2.24) is 10.2 Å². The van der Waals surface area contributed by atoms with Crippen LogP contribution < -0.4 is 5.32 Å². The van der Waals surface area contributed by atoms with Gasteiger partial charge < -0.3 is 10.2 Å². The molecule has 1 aliphatic carbocycles. The molecule has 2 fully saturated rings. The van der Waals surface area contributed by atoms with Gasteiger partial charge in [0.15, 0.2) is 0 Å². The van der Waals surface area contributed by atoms with Crippen molar-refractivity contribution in [2.45, 2.75) is 38.5 Å². The molecule has 1 N–H and O–H groups in total. The summed E-state index contributed by atoms with van der Waals surface area (Å²) in [6.45, 7) is 5.36. The molecule has 2 aromatic rings. The second-order valence-electron chi connectivity index (χ2n) is 9.09. The van der Waals surface area contributed by atoms with E-state index in [0.29, 0.717) is 44.5 Å². The molecule has 4 nitrogen and oxygen atoms in total. The fraction of sp³-hybridized carbons (Fsp3) is 0.407. The minimum absolute atomic E-state index is 0.0197. The molecule has 2 aliphatic rings. The van der Waals surface area contributed by atoms with E-state index in [1.165, 1.54) is 6.07 Å². The van der Waals surface area contributed by atoms with Crippen molar-refractivity contribution in [3.8, 4) is 11.1 Å². The van der Waals surface area contributed by atoms with Crippen LogP contribution in [0.25, 0.3) is 11.1 Å². The van der Waals surface area contributed by atoms with Crippen LogP contribution in [0.5, 0.6) is 0 Å². The number of carbonyl (C=O) groups excluding carboxylic acids is 2. The molecule has 168 valence electrons. The van der Waals surface area contributed by atoms with Crippen molar-refractivity contribution in [2.75, 3.05) is 19.6 Å². The van der Waals surface area contributed by atoms with Crippen molar-refractivity contribution in [1.29, 1.82) is 0 Å². The summed E-state index contributed by atoms with van der Waals surface area (Å²) in [5.41, 5.74) is 1.87. The van der Waals surface area contributed by atoms with E-state index in [1.807, 2.05) is 35.2 Å². The highest BCUT2D eigenvalue weighted by molar-refractivity contribution is 5.84. The number of hydrogen-bond acceptors (Lipinski definition) is 2. The van der Waals surface area contributed by atoms with Gasteiger partial charge in [0.05, 0.1) is 5.41 Å². The van der Waals surface area contributed by atoms with E-state index in [2.05, 4.69) is 11.9 Å². The maximum atomic E-state index is 14.1. The van der Waals surface area contributed by atoms with Crippen molar-refractivity contribution >= 4 is 11.8 Å². The second kappa shape index (κ2) is 9.68. The van der Waals surface area contributed by atoms with Crippen molar-refractivity contribution in [2.24, 2.45) is 11.3 Å². The van der Waals surface area contributed by atoms with Gasteiger partial charge in [-0.2, -0.15) is 0 Å². The Bertz CT molecular complexity index is 973. The van der Waals surface area contributed by atoms with E-state index in [-0.39, 0.29) is 23.5 Å². The minimum atomic E-state index is -0.557. The molecule has 2 aromatic carbocycles. The number of carbonyl (C=O) groups is 2. The van der Waals surface area contributed by atoms with E-state index < -0.39 is 5.41 Å². The van der Waals surface area contributed by atoms with Crippen LogP contribution in [0.1, 0.15) is 37.7 Å². The first kappa shape index (κ1) is 22.3. The average Bonchev–Trinajstić information content (AvgIpc) is 2.77. The maximum absolute atomic E-state index is 14.1. The van der Waals surface area contributed by atoms with Gasteiger partial charge in [-0.15, -0.1) is 6.58 Å². The normalized spacial score (nSPS) is 18.0. The average molecular weight is 435 g/mol. The van der Waals surface area contributed by atoms with Gasteiger partial charge in [0.2, 0.25) is 11.8 Å². The quantitative estimate of drug-likeness (QED) is 0.640. The van der Waals surface area contributed by atoms with E-state index >= 15 is 0 Å². The Balaban J connectivity index is 1.50. The third-order valence-corrected chi connectivity index (χ3v) is 7.06. The Morgan fingerprint density at radius 2 is 1.78 bits per heavy atom. The van der Waals surface area contributed by atoms with Crippen LogP contribution in [0.4, 0.5) is 4.39 Å². The first-order valence-electron chi connectivity index (χ1n) is 11.5. The highest BCUT2D eigenvalue weighted by Crippen LogP contribution is 2.38. The zero-order valence-corrected chi connectivity index (χ0v) is 18.5. The highest BCUT2D eigenvalue weighted by Gasteiger charge is 2.43. The number of piperidine rings is 1. The van der Waals surface area contributed by atoms with Gasteiger partial charge in [0.25, 0.3) is 0 Å². The number of amides is 2. The SMILES string of the molecule is C=CCNC(=O)C1(Cc2ccc(-c3ccccc3F)cc2)CCN(C(=O)C2CCC2)CC1. The van der Waals surface area contributed by atoms with Gasteiger partial charge >= 0.3 is 0 Å². The third-order valence-electron chi connectivity index (χ3n) is 7.06. The molecule has 1 saturated heterocycles. The molecular weight excluding hydrogens is 403 g/mol. The second-order valence-corrected chi connectivity index (χ2v) is 9.09. The molecule has 5 heteroatoms. The van der Waals surface area contributed by atoms with Crippen molar-refractivity contribution in [3.05, 3.63) is 72.6 Å². The van der Waals surface area contributed by atoms with Crippen LogP contribution >= 0.6 is 0 Å². The molecule has 0 aromatic heterocycles. The van der Waals surface area contributed by atoms with Crippen molar-refractivity contribution < 1.29 is 14.0 Å². The first-order valence-corrected chi connectivity index (χ1v) is 11.5. The summed E-state index contributed by atoms with van der Waals surface area (Å²) in [6.07, 6.45) is 6.69. The zero-order valence-electron chi connectivity index (χ0n) is 18.5. The standard InChI is InChI=1S/C27H31FN2O2/c1-2-16-29-26(32)27(14-17-30(18-15-27)25(31)22-6-5-7-22)19-20-10-12-21(13-11-20)23-8-3-4-9-24(23)28/h2-4,8-13,22H,1,5-7,14-19H2,(H,29,32).